The van der Waals surface area contributed by atoms with E-state index in [9.17, 15) is 4.79 Å². The Morgan fingerprint density at radius 1 is 1.44 bits per heavy atom. The van der Waals surface area contributed by atoms with Crippen LogP contribution in [0.3, 0.4) is 0 Å². The number of hydrogen-bond acceptors (Lipinski definition) is 3. The van der Waals surface area contributed by atoms with Crippen molar-refractivity contribution >= 4 is 6.03 Å². The lowest BCUT2D eigenvalue weighted by molar-refractivity contribution is 0.0531. The van der Waals surface area contributed by atoms with Crippen molar-refractivity contribution in [2.45, 2.75) is 6.54 Å². The average molecular weight is 245 g/mol. The van der Waals surface area contributed by atoms with Gasteiger partial charge in [0, 0.05) is 19.6 Å². The molecule has 0 radical (unpaired) electrons. The van der Waals surface area contributed by atoms with Crippen molar-refractivity contribution < 1.29 is 9.53 Å². The van der Waals surface area contributed by atoms with Crippen molar-refractivity contribution in [1.29, 1.82) is 5.26 Å². The molecule has 0 atom stereocenters. The van der Waals surface area contributed by atoms with Gasteiger partial charge in [-0.2, -0.15) is 5.26 Å². The summed E-state index contributed by atoms with van der Waals surface area (Å²) in [7, 11) is 0. The molecule has 1 aromatic carbocycles. The van der Waals surface area contributed by atoms with Crippen LogP contribution in [0.25, 0.3) is 0 Å². The first-order chi connectivity index (χ1) is 8.79. The summed E-state index contributed by atoms with van der Waals surface area (Å²) in [6.07, 6.45) is 0. The van der Waals surface area contributed by atoms with Gasteiger partial charge in [-0.3, -0.25) is 0 Å². The van der Waals surface area contributed by atoms with E-state index in [2.05, 4.69) is 11.4 Å². The van der Waals surface area contributed by atoms with Gasteiger partial charge in [-0.15, -0.1) is 0 Å². The van der Waals surface area contributed by atoms with Crippen molar-refractivity contribution in [1.82, 2.24) is 10.2 Å². The number of amides is 2. The molecule has 1 saturated heterocycles. The predicted molar refractivity (Wildman–Crippen MR) is 65.8 cm³/mol. The summed E-state index contributed by atoms with van der Waals surface area (Å²) in [5, 5.41) is 11.6. The molecule has 1 N–H and O–H groups in total. The summed E-state index contributed by atoms with van der Waals surface area (Å²) in [4.78, 5) is 13.6. The van der Waals surface area contributed by atoms with Crippen molar-refractivity contribution in [3.63, 3.8) is 0 Å². The zero-order valence-corrected chi connectivity index (χ0v) is 10.1. The van der Waals surface area contributed by atoms with Crippen LogP contribution in [0, 0.1) is 11.3 Å². The summed E-state index contributed by atoms with van der Waals surface area (Å²) < 4.78 is 5.19. The number of carbonyl (C=O) groups excluding carboxylic acids is 1. The fraction of sp³-hybridized carbons (Fsp3) is 0.385. The summed E-state index contributed by atoms with van der Waals surface area (Å²) in [6, 6.07) is 9.22. The normalized spacial score (nSPS) is 14.9. The number of benzene rings is 1. The number of carbonyl (C=O) groups is 1. The van der Waals surface area contributed by atoms with Crippen LogP contribution >= 0.6 is 0 Å². The highest BCUT2D eigenvalue weighted by atomic mass is 16.5. The Bertz CT molecular complexity index is 462. The first kappa shape index (κ1) is 12.4. The molecule has 1 aliphatic rings. The highest BCUT2D eigenvalue weighted by Crippen LogP contribution is 2.04. The van der Waals surface area contributed by atoms with Crippen LogP contribution in [0.2, 0.25) is 0 Å². The van der Waals surface area contributed by atoms with E-state index in [4.69, 9.17) is 10.00 Å². The molecule has 1 fully saturated rings. The molecule has 0 unspecified atom stereocenters. The minimum absolute atomic E-state index is 0.0827. The first-order valence-electron chi connectivity index (χ1n) is 5.89. The van der Waals surface area contributed by atoms with E-state index >= 15 is 0 Å². The van der Waals surface area contributed by atoms with Gasteiger partial charge >= 0.3 is 6.03 Å². The zero-order chi connectivity index (χ0) is 12.8. The van der Waals surface area contributed by atoms with Gasteiger partial charge in [-0.05, 0) is 17.7 Å². The van der Waals surface area contributed by atoms with Crippen molar-refractivity contribution in [3.05, 3.63) is 35.4 Å². The molecule has 1 heterocycles. The predicted octanol–water partition coefficient (Wildman–Crippen LogP) is 1.10. The molecule has 5 heteroatoms. The van der Waals surface area contributed by atoms with Gasteiger partial charge in [0.25, 0.3) is 0 Å². The van der Waals surface area contributed by atoms with Crippen LogP contribution < -0.4 is 5.32 Å². The van der Waals surface area contributed by atoms with E-state index < -0.39 is 0 Å². The van der Waals surface area contributed by atoms with Gasteiger partial charge in [0.05, 0.1) is 24.8 Å². The smallest absolute Gasteiger partial charge is 0.317 e. The number of hydrogen-bond donors (Lipinski definition) is 1. The third kappa shape index (κ3) is 3.22. The molecule has 94 valence electrons. The second kappa shape index (κ2) is 6.03. The number of nitriles is 1. The molecule has 0 bridgehead atoms. The number of nitrogens with one attached hydrogen (secondary N) is 1. The van der Waals surface area contributed by atoms with Gasteiger partial charge < -0.3 is 15.0 Å². The van der Waals surface area contributed by atoms with Crippen LogP contribution in [0.5, 0.6) is 0 Å². The van der Waals surface area contributed by atoms with Gasteiger partial charge in [-0.1, -0.05) is 12.1 Å². The number of urea groups is 1. The van der Waals surface area contributed by atoms with Crippen molar-refractivity contribution in [2.24, 2.45) is 0 Å². The molecular weight excluding hydrogens is 230 g/mol. The van der Waals surface area contributed by atoms with Crippen LogP contribution in [0.4, 0.5) is 4.79 Å². The lowest BCUT2D eigenvalue weighted by atomic mass is 10.1. The summed E-state index contributed by atoms with van der Waals surface area (Å²) in [5.41, 5.74) is 1.53. The summed E-state index contributed by atoms with van der Waals surface area (Å²) in [5.74, 6) is 0. The Hall–Kier alpha value is -2.06. The third-order valence-corrected chi connectivity index (χ3v) is 2.80. The van der Waals surface area contributed by atoms with E-state index in [1.165, 1.54) is 0 Å². The third-order valence-electron chi connectivity index (χ3n) is 2.80. The maximum Gasteiger partial charge on any atom is 0.317 e. The summed E-state index contributed by atoms with van der Waals surface area (Å²) in [6.45, 7) is 2.88. The molecule has 0 saturated carbocycles. The van der Waals surface area contributed by atoms with Gasteiger partial charge in [0.1, 0.15) is 0 Å². The zero-order valence-electron chi connectivity index (χ0n) is 10.1. The molecule has 18 heavy (non-hydrogen) atoms. The maximum atomic E-state index is 11.8. The quantitative estimate of drug-likeness (QED) is 0.848. The van der Waals surface area contributed by atoms with Gasteiger partial charge in [0.2, 0.25) is 0 Å². The SMILES string of the molecule is N#Cc1cccc(CNC(=O)N2CCOCC2)c1. The van der Waals surface area contributed by atoms with Gasteiger partial charge in [0.15, 0.2) is 0 Å². The highest BCUT2D eigenvalue weighted by Gasteiger charge is 2.15. The van der Waals surface area contributed by atoms with Crippen molar-refractivity contribution in [3.8, 4) is 6.07 Å². The Labute approximate surface area is 106 Å². The van der Waals surface area contributed by atoms with E-state index in [1.54, 1.807) is 17.0 Å². The van der Waals surface area contributed by atoms with Gasteiger partial charge in [-0.25, -0.2) is 4.79 Å². The Balaban J connectivity index is 1.86. The number of morpholine rings is 1. The monoisotopic (exact) mass is 245 g/mol. The molecule has 2 amide bonds. The first-order valence-corrected chi connectivity index (χ1v) is 5.89. The second-order valence-electron chi connectivity index (χ2n) is 4.07. The molecule has 2 rings (SSSR count). The standard InChI is InChI=1S/C13H15N3O2/c14-9-11-2-1-3-12(8-11)10-15-13(17)16-4-6-18-7-5-16/h1-3,8H,4-7,10H2,(H,15,17). The molecule has 0 aliphatic carbocycles. The largest absolute Gasteiger partial charge is 0.378 e. The van der Waals surface area contributed by atoms with Crippen molar-refractivity contribution in [2.75, 3.05) is 26.3 Å². The van der Waals surface area contributed by atoms with E-state index in [0.29, 0.717) is 38.4 Å². The molecule has 5 nitrogen and oxygen atoms in total. The molecule has 0 aromatic heterocycles. The molecule has 1 aromatic rings. The summed E-state index contributed by atoms with van der Waals surface area (Å²) >= 11 is 0. The Kier molecular flexibility index (Phi) is 4.15. The molecule has 1 aliphatic heterocycles. The van der Waals surface area contributed by atoms with Crippen LogP contribution in [0.1, 0.15) is 11.1 Å². The second-order valence-corrected chi connectivity index (χ2v) is 4.07. The maximum absolute atomic E-state index is 11.8. The van der Waals surface area contributed by atoms with E-state index in [1.807, 2.05) is 12.1 Å². The lowest BCUT2D eigenvalue weighted by Gasteiger charge is -2.26. The lowest BCUT2D eigenvalue weighted by Crippen LogP contribution is -2.45. The Morgan fingerprint density at radius 3 is 2.94 bits per heavy atom. The fourth-order valence-corrected chi connectivity index (χ4v) is 1.81. The minimum atomic E-state index is -0.0827. The minimum Gasteiger partial charge on any atom is -0.378 e. The average Bonchev–Trinajstić information content (AvgIpc) is 2.46. The molecular formula is C13H15N3O2. The number of nitrogens with zero attached hydrogens (tertiary/aromatic N) is 2. The van der Waals surface area contributed by atoms with E-state index in [0.717, 1.165) is 5.56 Å². The number of rotatable bonds is 2. The van der Waals surface area contributed by atoms with Crippen LogP contribution in [0.15, 0.2) is 24.3 Å². The van der Waals surface area contributed by atoms with E-state index in [-0.39, 0.29) is 6.03 Å². The van der Waals surface area contributed by atoms with Crippen LogP contribution in [-0.2, 0) is 11.3 Å². The fourth-order valence-electron chi connectivity index (χ4n) is 1.81. The van der Waals surface area contributed by atoms with Crippen LogP contribution in [-0.4, -0.2) is 37.2 Å². The molecule has 0 spiro atoms. The number of ether oxygens (including phenoxy) is 1. The Morgan fingerprint density at radius 2 is 2.22 bits per heavy atom. The highest BCUT2D eigenvalue weighted by molar-refractivity contribution is 5.74. The topological polar surface area (TPSA) is 65.4 Å².